The second kappa shape index (κ2) is 5.23. The quantitative estimate of drug-likeness (QED) is 0.566. The van der Waals surface area contributed by atoms with Crippen LogP contribution in [0.1, 0.15) is 15.9 Å². The maximum Gasteiger partial charge on any atom is 0.339 e. The van der Waals surface area contributed by atoms with Gasteiger partial charge in [0.15, 0.2) is 0 Å². The third-order valence-electron chi connectivity index (χ3n) is 1.85. The van der Waals surface area contributed by atoms with Crippen LogP contribution >= 0.6 is 7.60 Å². The highest BCUT2D eigenvalue weighted by molar-refractivity contribution is 7.51. The molecule has 0 fully saturated rings. The summed E-state index contributed by atoms with van der Waals surface area (Å²) in [6, 6.07) is 6.07. The van der Waals surface area contributed by atoms with Crippen molar-refractivity contribution >= 4 is 13.6 Å². The van der Waals surface area contributed by atoms with E-state index >= 15 is 0 Å². The maximum absolute atomic E-state index is 10.5. The molecule has 0 spiro atoms. The molecule has 0 saturated heterocycles. The monoisotopic (exact) mass is 245 g/mol. The van der Waals surface area contributed by atoms with Gasteiger partial charge in [-0.15, -0.1) is 0 Å². The van der Waals surface area contributed by atoms with Crippen LogP contribution in [-0.2, 0) is 11.1 Å². The average molecular weight is 245 g/mol. The highest BCUT2D eigenvalue weighted by Crippen LogP contribution is 2.31. The average Bonchev–Trinajstić information content (AvgIpc) is 2.16. The van der Waals surface area contributed by atoms with Crippen LogP contribution < -0.4 is 5.32 Å². The Kier molecular flexibility index (Phi) is 4.20. The van der Waals surface area contributed by atoms with Crippen molar-refractivity contribution in [3.63, 3.8) is 0 Å². The van der Waals surface area contributed by atoms with Crippen molar-refractivity contribution in [2.24, 2.45) is 0 Å². The normalized spacial score (nSPS) is 11.4. The summed E-state index contributed by atoms with van der Waals surface area (Å²) in [4.78, 5) is 27.7. The lowest BCUT2D eigenvalue weighted by Crippen LogP contribution is -2.14. The second-order valence-corrected chi connectivity index (χ2v) is 4.90. The topological polar surface area (TPSA) is 107 Å². The summed E-state index contributed by atoms with van der Waals surface area (Å²) in [7, 11) is -4.03. The molecule has 1 aromatic rings. The molecule has 0 aliphatic heterocycles. The second-order valence-electron chi connectivity index (χ2n) is 3.25. The lowest BCUT2D eigenvalue weighted by atomic mass is 10.1. The number of carbonyl (C=O) groups is 1. The number of benzene rings is 1. The van der Waals surface area contributed by atoms with Gasteiger partial charge in [-0.2, -0.15) is 0 Å². The van der Waals surface area contributed by atoms with Gasteiger partial charge < -0.3 is 20.2 Å². The summed E-state index contributed by atoms with van der Waals surface area (Å²) in [6.45, 7) is 0.283. The number of nitrogens with one attached hydrogen (secondary N) is 1. The first-order valence-electron chi connectivity index (χ1n) is 4.46. The summed E-state index contributed by atoms with van der Waals surface area (Å²) in [5.74, 6) is -1.00. The van der Waals surface area contributed by atoms with Crippen LogP contribution in [0.5, 0.6) is 0 Å². The van der Waals surface area contributed by atoms with Gasteiger partial charge in [0, 0.05) is 6.54 Å². The Morgan fingerprint density at radius 1 is 1.25 bits per heavy atom. The Labute approximate surface area is 92.1 Å². The number of carboxylic acids is 1. The summed E-state index contributed by atoms with van der Waals surface area (Å²) < 4.78 is 10.5. The molecule has 0 aliphatic rings. The van der Waals surface area contributed by atoms with Crippen molar-refractivity contribution in [2.45, 2.75) is 6.54 Å². The first kappa shape index (κ1) is 12.9. The van der Waals surface area contributed by atoms with E-state index in [0.717, 1.165) is 5.56 Å². The van der Waals surface area contributed by atoms with Crippen LogP contribution in [-0.4, -0.2) is 27.1 Å². The lowest BCUT2D eigenvalue weighted by molar-refractivity contribution is 0.0697. The van der Waals surface area contributed by atoms with Crippen molar-refractivity contribution in [3.8, 4) is 0 Å². The van der Waals surface area contributed by atoms with E-state index in [1.54, 1.807) is 12.1 Å². The third-order valence-corrected chi connectivity index (χ3v) is 2.48. The molecule has 0 saturated carbocycles. The van der Waals surface area contributed by atoms with Crippen LogP contribution in [0.3, 0.4) is 0 Å². The van der Waals surface area contributed by atoms with Crippen LogP contribution in [0.25, 0.3) is 0 Å². The summed E-state index contributed by atoms with van der Waals surface area (Å²) in [5, 5.41) is 11.2. The molecule has 1 rings (SSSR count). The molecule has 6 nitrogen and oxygen atoms in total. The van der Waals surface area contributed by atoms with Crippen LogP contribution in [0, 0.1) is 0 Å². The molecule has 16 heavy (non-hydrogen) atoms. The summed E-state index contributed by atoms with van der Waals surface area (Å²) in [5.41, 5.74) is 0.942. The predicted molar refractivity (Wildman–Crippen MR) is 57.2 cm³/mol. The molecule has 0 heterocycles. The Hall–Kier alpha value is -1.20. The molecule has 4 N–H and O–H groups in total. The van der Waals surface area contributed by atoms with E-state index in [1.165, 1.54) is 12.1 Å². The fourth-order valence-electron chi connectivity index (χ4n) is 1.11. The molecular formula is C9H12NO5P. The maximum atomic E-state index is 10.5. The fraction of sp³-hybridized carbons (Fsp3) is 0.222. The third kappa shape index (κ3) is 4.55. The molecule has 0 aromatic heterocycles. The smallest absolute Gasteiger partial charge is 0.339 e. The van der Waals surface area contributed by atoms with Crippen LogP contribution in [0.4, 0.5) is 0 Å². The van der Waals surface area contributed by atoms with E-state index in [4.69, 9.17) is 14.9 Å². The molecule has 0 unspecified atom stereocenters. The van der Waals surface area contributed by atoms with Crippen LogP contribution in [0.15, 0.2) is 24.3 Å². The molecule has 0 aliphatic carbocycles. The lowest BCUT2D eigenvalue weighted by Gasteiger charge is -2.06. The van der Waals surface area contributed by atoms with Crippen molar-refractivity contribution in [1.82, 2.24) is 5.32 Å². The van der Waals surface area contributed by atoms with Gasteiger partial charge in [-0.05, 0) is 17.7 Å². The van der Waals surface area contributed by atoms with Crippen molar-refractivity contribution in [2.75, 3.05) is 6.29 Å². The van der Waals surface area contributed by atoms with E-state index in [9.17, 15) is 9.36 Å². The zero-order valence-corrected chi connectivity index (χ0v) is 9.22. The largest absolute Gasteiger partial charge is 0.478 e. The number of carboxylic acid groups (broad SMARTS) is 1. The molecule has 7 heteroatoms. The SMILES string of the molecule is O=C(O)c1ccc(CNCP(=O)(O)O)cc1. The molecular weight excluding hydrogens is 233 g/mol. The number of hydrogen-bond donors (Lipinski definition) is 4. The Morgan fingerprint density at radius 2 is 1.81 bits per heavy atom. The standard InChI is InChI=1S/C9H12NO5P/c11-9(12)8-3-1-7(2-4-8)5-10-6-16(13,14)15/h1-4,10H,5-6H2,(H,11,12)(H2,13,14,15). The molecule has 0 radical (unpaired) electrons. The van der Waals surface area contributed by atoms with Crippen molar-refractivity contribution in [3.05, 3.63) is 35.4 Å². The Morgan fingerprint density at radius 3 is 2.25 bits per heavy atom. The molecule has 0 atom stereocenters. The first-order valence-corrected chi connectivity index (χ1v) is 6.26. The molecule has 88 valence electrons. The Bertz CT molecular complexity index is 410. The highest BCUT2D eigenvalue weighted by Gasteiger charge is 2.11. The minimum absolute atomic E-state index is 0.179. The van der Waals surface area contributed by atoms with Gasteiger partial charge in [-0.1, -0.05) is 12.1 Å². The highest BCUT2D eigenvalue weighted by atomic mass is 31.2. The van der Waals surface area contributed by atoms with Crippen molar-refractivity contribution < 1.29 is 24.3 Å². The van der Waals surface area contributed by atoms with E-state index in [1.807, 2.05) is 0 Å². The molecule has 1 aromatic carbocycles. The van der Waals surface area contributed by atoms with Gasteiger partial charge in [0.05, 0.1) is 11.8 Å². The van der Waals surface area contributed by atoms with E-state index in [2.05, 4.69) is 5.32 Å². The zero-order chi connectivity index (χ0) is 12.2. The number of rotatable bonds is 5. The number of hydrogen-bond acceptors (Lipinski definition) is 3. The summed E-state index contributed by atoms with van der Waals surface area (Å²) in [6.07, 6.45) is -0.395. The van der Waals surface area contributed by atoms with Gasteiger partial charge in [0.1, 0.15) is 0 Å². The van der Waals surface area contributed by atoms with Gasteiger partial charge in [0.25, 0.3) is 0 Å². The fourth-order valence-corrected chi connectivity index (χ4v) is 1.51. The molecule has 0 bridgehead atoms. The predicted octanol–water partition coefficient (Wildman–Crippen LogP) is 0.610. The summed E-state index contributed by atoms with van der Waals surface area (Å²) >= 11 is 0. The minimum Gasteiger partial charge on any atom is -0.478 e. The minimum atomic E-state index is -4.03. The van der Waals surface area contributed by atoms with Gasteiger partial charge in [0.2, 0.25) is 0 Å². The van der Waals surface area contributed by atoms with E-state index < -0.39 is 19.9 Å². The van der Waals surface area contributed by atoms with Gasteiger partial charge in [-0.3, -0.25) is 4.57 Å². The number of aromatic carboxylic acids is 1. The van der Waals surface area contributed by atoms with E-state index in [0.29, 0.717) is 0 Å². The zero-order valence-electron chi connectivity index (χ0n) is 8.33. The van der Waals surface area contributed by atoms with Gasteiger partial charge in [-0.25, -0.2) is 4.79 Å². The van der Waals surface area contributed by atoms with Crippen LogP contribution in [0.2, 0.25) is 0 Å². The molecule has 0 amide bonds. The van der Waals surface area contributed by atoms with Crippen molar-refractivity contribution in [1.29, 1.82) is 0 Å². The Balaban J connectivity index is 2.50. The van der Waals surface area contributed by atoms with E-state index in [-0.39, 0.29) is 12.1 Å². The van der Waals surface area contributed by atoms with Gasteiger partial charge >= 0.3 is 13.6 Å². The first-order chi connectivity index (χ1) is 7.38.